The molecule has 0 amide bonds. The highest BCUT2D eigenvalue weighted by Crippen LogP contribution is 2.18. The summed E-state index contributed by atoms with van der Waals surface area (Å²) in [6.07, 6.45) is 3.55. The number of carbonyl (C=O) groups excluding carboxylic acids is 1. The summed E-state index contributed by atoms with van der Waals surface area (Å²) in [5, 5.41) is 3.01. The maximum atomic E-state index is 11.8. The van der Waals surface area contributed by atoms with Crippen LogP contribution < -0.4 is 5.32 Å². The maximum absolute atomic E-state index is 11.8. The average Bonchev–Trinajstić information content (AvgIpc) is 2.36. The van der Waals surface area contributed by atoms with Gasteiger partial charge in [0.15, 0.2) is 0 Å². The van der Waals surface area contributed by atoms with E-state index in [0.29, 0.717) is 6.61 Å². The summed E-state index contributed by atoms with van der Waals surface area (Å²) in [6.45, 7) is 8.30. The van der Waals surface area contributed by atoms with Gasteiger partial charge in [-0.05, 0) is 40.2 Å². The van der Waals surface area contributed by atoms with Crippen molar-refractivity contribution in [3.05, 3.63) is 12.2 Å². The van der Waals surface area contributed by atoms with Gasteiger partial charge in [-0.15, -0.1) is 0 Å². The van der Waals surface area contributed by atoms with Gasteiger partial charge in [-0.25, -0.2) is 0 Å². The lowest BCUT2D eigenvalue weighted by atomic mass is 10.0. The molecule has 1 saturated heterocycles. The van der Waals surface area contributed by atoms with E-state index in [2.05, 4.69) is 11.9 Å². The first-order valence-electron chi connectivity index (χ1n) is 6.66. The van der Waals surface area contributed by atoms with Crippen LogP contribution in [-0.2, 0) is 14.3 Å². The second-order valence-electron chi connectivity index (χ2n) is 5.15. The van der Waals surface area contributed by atoms with E-state index in [9.17, 15) is 4.79 Å². The summed E-state index contributed by atoms with van der Waals surface area (Å²) < 4.78 is 11.2. The lowest BCUT2D eigenvalue weighted by Gasteiger charge is -2.20. The minimum Gasteiger partial charge on any atom is -0.461 e. The molecule has 104 valence electrons. The fraction of sp³-hybridized carbons (Fsp3) is 0.786. The van der Waals surface area contributed by atoms with Gasteiger partial charge in [0.1, 0.15) is 12.1 Å². The Labute approximate surface area is 110 Å². The van der Waals surface area contributed by atoms with E-state index in [4.69, 9.17) is 9.47 Å². The van der Waals surface area contributed by atoms with Crippen molar-refractivity contribution in [2.45, 2.75) is 57.8 Å². The van der Waals surface area contributed by atoms with Crippen LogP contribution in [0.1, 0.15) is 39.5 Å². The smallest absolute Gasteiger partial charge is 0.323 e. The highest BCUT2D eigenvalue weighted by Gasteiger charge is 2.25. The number of ether oxygens (including phenoxy) is 2. The maximum Gasteiger partial charge on any atom is 0.323 e. The SMILES string of the molecule is C=C(C)COC1CCC[C@H](NC)C(=O)OC(C)C1. The number of esters is 1. The standard InChI is InChI=1S/C14H25NO3/c1-10(2)9-17-12-6-5-7-13(15-4)14(16)18-11(3)8-12/h11-13,15H,1,5-9H2,2-4H3/t11?,12?,13-/m0/s1. The Morgan fingerprint density at radius 2 is 2.28 bits per heavy atom. The first-order valence-corrected chi connectivity index (χ1v) is 6.66. The minimum absolute atomic E-state index is 0.0958. The van der Waals surface area contributed by atoms with Crippen LogP contribution in [0.25, 0.3) is 0 Å². The molecule has 0 bridgehead atoms. The van der Waals surface area contributed by atoms with Crippen LogP contribution >= 0.6 is 0 Å². The Kier molecular flexibility index (Phi) is 6.36. The van der Waals surface area contributed by atoms with E-state index in [0.717, 1.165) is 31.3 Å². The van der Waals surface area contributed by atoms with Crippen LogP contribution in [-0.4, -0.2) is 37.9 Å². The molecule has 0 aromatic carbocycles. The first-order chi connectivity index (χ1) is 8.52. The zero-order valence-corrected chi connectivity index (χ0v) is 11.7. The molecule has 1 heterocycles. The highest BCUT2D eigenvalue weighted by molar-refractivity contribution is 5.75. The predicted molar refractivity (Wildman–Crippen MR) is 71.4 cm³/mol. The topological polar surface area (TPSA) is 47.6 Å². The van der Waals surface area contributed by atoms with Gasteiger partial charge in [-0.2, -0.15) is 0 Å². The lowest BCUT2D eigenvalue weighted by molar-refractivity contribution is -0.151. The quantitative estimate of drug-likeness (QED) is 0.617. The van der Waals surface area contributed by atoms with E-state index in [1.54, 1.807) is 7.05 Å². The molecule has 18 heavy (non-hydrogen) atoms. The van der Waals surface area contributed by atoms with Gasteiger partial charge >= 0.3 is 5.97 Å². The molecule has 1 rings (SSSR count). The number of hydrogen-bond acceptors (Lipinski definition) is 4. The summed E-state index contributed by atoms with van der Waals surface area (Å²) >= 11 is 0. The zero-order chi connectivity index (χ0) is 13.5. The second kappa shape index (κ2) is 7.54. The van der Waals surface area contributed by atoms with Gasteiger partial charge in [0.2, 0.25) is 0 Å². The third-order valence-corrected chi connectivity index (χ3v) is 3.13. The number of cyclic esters (lactones) is 1. The van der Waals surface area contributed by atoms with E-state index in [-0.39, 0.29) is 24.2 Å². The summed E-state index contributed by atoms with van der Waals surface area (Å²) in [7, 11) is 1.80. The monoisotopic (exact) mass is 255 g/mol. The number of likely N-dealkylation sites (N-methyl/N-ethyl adjacent to an activating group) is 1. The van der Waals surface area contributed by atoms with Crippen molar-refractivity contribution in [3.8, 4) is 0 Å². The van der Waals surface area contributed by atoms with Crippen molar-refractivity contribution in [2.24, 2.45) is 0 Å². The average molecular weight is 255 g/mol. The highest BCUT2D eigenvalue weighted by atomic mass is 16.5. The van der Waals surface area contributed by atoms with Gasteiger partial charge in [0, 0.05) is 6.42 Å². The van der Waals surface area contributed by atoms with Crippen molar-refractivity contribution < 1.29 is 14.3 Å². The van der Waals surface area contributed by atoms with Crippen LogP contribution in [0.4, 0.5) is 0 Å². The van der Waals surface area contributed by atoms with Gasteiger partial charge in [-0.1, -0.05) is 12.2 Å². The fourth-order valence-electron chi connectivity index (χ4n) is 2.16. The Morgan fingerprint density at radius 1 is 1.56 bits per heavy atom. The van der Waals surface area contributed by atoms with Crippen LogP contribution in [0.3, 0.4) is 0 Å². The number of rotatable bonds is 4. The Bertz CT molecular complexity index is 291. The van der Waals surface area contributed by atoms with Crippen LogP contribution in [0.2, 0.25) is 0 Å². The van der Waals surface area contributed by atoms with E-state index < -0.39 is 0 Å². The van der Waals surface area contributed by atoms with Crippen molar-refractivity contribution in [3.63, 3.8) is 0 Å². The third kappa shape index (κ3) is 5.19. The largest absolute Gasteiger partial charge is 0.461 e. The van der Waals surface area contributed by atoms with Crippen molar-refractivity contribution >= 4 is 5.97 Å². The fourth-order valence-corrected chi connectivity index (χ4v) is 2.16. The van der Waals surface area contributed by atoms with Crippen molar-refractivity contribution in [2.75, 3.05) is 13.7 Å². The molecule has 0 aliphatic carbocycles. The molecule has 1 aliphatic rings. The lowest BCUT2D eigenvalue weighted by Crippen LogP contribution is -2.36. The molecule has 2 unspecified atom stereocenters. The molecule has 0 aromatic rings. The summed E-state index contributed by atoms with van der Waals surface area (Å²) in [4.78, 5) is 11.8. The number of nitrogens with one attached hydrogen (secondary N) is 1. The number of hydrogen-bond donors (Lipinski definition) is 1. The summed E-state index contributed by atoms with van der Waals surface area (Å²) in [5.41, 5.74) is 1.02. The summed E-state index contributed by atoms with van der Waals surface area (Å²) in [6, 6.07) is -0.188. The van der Waals surface area contributed by atoms with Crippen molar-refractivity contribution in [1.82, 2.24) is 5.32 Å². The van der Waals surface area contributed by atoms with Crippen LogP contribution in [0.5, 0.6) is 0 Å². The molecule has 0 spiro atoms. The number of carbonyl (C=O) groups is 1. The molecule has 1 N–H and O–H groups in total. The van der Waals surface area contributed by atoms with Gasteiger partial charge < -0.3 is 14.8 Å². The molecular formula is C14H25NO3. The van der Waals surface area contributed by atoms with E-state index >= 15 is 0 Å². The normalized spacial score (nSPS) is 29.9. The second-order valence-corrected chi connectivity index (χ2v) is 5.15. The molecular weight excluding hydrogens is 230 g/mol. The summed E-state index contributed by atoms with van der Waals surface area (Å²) in [5.74, 6) is -0.148. The van der Waals surface area contributed by atoms with E-state index in [1.165, 1.54) is 0 Å². The minimum atomic E-state index is -0.188. The van der Waals surface area contributed by atoms with Gasteiger partial charge in [-0.3, -0.25) is 4.79 Å². The molecule has 0 saturated carbocycles. The predicted octanol–water partition coefficient (Wildman–Crippen LogP) is 2.04. The molecule has 1 aliphatic heterocycles. The molecule has 0 aromatic heterocycles. The third-order valence-electron chi connectivity index (χ3n) is 3.13. The Hall–Kier alpha value is -0.870. The van der Waals surface area contributed by atoms with Gasteiger partial charge in [0.25, 0.3) is 0 Å². The Balaban J connectivity index is 2.54. The zero-order valence-electron chi connectivity index (χ0n) is 11.7. The van der Waals surface area contributed by atoms with E-state index in [1.807, 2.05) is 13.8 Å². The Morgan fingerprint density at radius 3 is 2.89 bits per heavy atom. The molecule has 4 heteroatoms. The van der Waals surface area contributed by atoms with Crippen LogP contribution in [0.15, 0.2) is 12.2 Å². The van der Waals surface area contributed by atoms with Crippen LogP contribution in [0, 0.1) is 0 Å². The molecule has 4 nitrogen and oxygen atoms in total. The molecule has 0 radical (unpaired) electrons. The first kappa shape index (κ1) is 15.2. The van der Waals surface area contributed by atoms with Gasteiger partial charge in [0.05, 0.1) is 12.7 Å². The van der Waals surface area contributed by atoms with Crippen molar-refractivity contribution in [1.29, 1.82) is 0 Å². The molecule has 3 atom stereocenters. The molecule has 1 fully saturated rings.